The monoisotopic (exact) mass is 329 g/mol. The third-order valence-electron chi connectivity index (χ3n) is 4.02. The second-order valence-electron chi connectivity index (χ2n) is 6.02. The van der Waals surface area contributed by atoms with E-state index in [1.165, 1.54) is 0 Å². The molecule has 1 aromatic heterocycles. The second-order valence-corrected chi connectivity index (χ2v) is 6.02. The summed E-state index contributed by atoms with van der Waals surface area (Å²) in [5.74, 6) is -0.883. The van der Waals surface area contributed by atoms with Gasteiger partial charge in [-0.15, -0.1) is 0 Å². The summed E-state index contributed by atoms with van der Waals surface area (Å²) in [4.78, 5) is 24.6. The normalized spacial score (nSPS) is 11.9. The van der Waals surface area contributed by atoms with Crippen molar-refractivity contribution in [2.24, 2.45) is 7.05 Å². The smallest absolute Gasteiger partial charge is 0.339 e. The van der Waals surface area contributed by atoms with Crippen molar-refractivity contribution >= 4 is 17.6 Å². The first-order valence-electron chi connectivity index (χ1n) is 7.80. The van der Waals surface area contributed by atoms with E-state index in [4.69, 9.17) is 4.74 Å². The number of rotatable bonds is 4. The summed E-state index contributed by atoms with van der Waals surface area (Å²) < 4.78 is 7.01. The molecule has 2 rings (SSSR count). The molecule has 0 saturated heterocycles. The van der Waals surface area contributed by atoms with E-state index in [1.54, 1.807) is 17.7 Å². The van der Waals surface area contributed by atoms with Gasteiger partial charge in [-0.3, -0.25) is 9.48 Å². The highest BCUT2D eigenvalue weighted by Gasteiger charge is 2.22. The molecule has 2 aromatic rings. The fraction of sp³-hybridized carbons (Fsp3) is 0.389. The van der Waals surface area contributed by atoms with Crippen LogP contribution < -0.4 is 5.32 Å². The first-order valence-corrected chi connectivity index (χ1v) is 7.80. The number of anilines is 1. The highest BCUT2D eigenvalue weighted by molar-refractivity contribution is 5.98. The lowest BCUT2D eigenvalue weighted by Crippen LogP contribution is -2.30. The molecule has 0 radical (unpaired) electrons. The highest BCUT2D eigenvalue weighted by atomic mass is 16.5. The Morgan fingerprint density at radius 3 is 2.46 bits per heavy atom. The number of carbonyl (C=O) groups is 2. The molecule has 0 aliphatic carbocycles. The molecule has 1 aromatic carbocycles. The van der Waals surface area contributed by atoms with Crippen LogP contribution in [0.15, 0.2) is 18.2 Å². The molecule has 0 aliphatic heterocycles. The maximum atomic E-state index is 12.3. The highest BCUT2D eigenvalue weighted by Crippen LogP contribution is 2.19. The van der Waals surface area contributed by atoms with Crippen LogP contribution >= 0.6 is 0 Å². The van der Waals surface area contributed by atoms with Crippen LogP contribution in [0.4, 0.5) is 5.69 Å². The lowest BCUT2D eigenvalue weighted by atomic mass is 10.1. The molecule has 0 bridgehead atoms. The van der Waals surface area contributed by atoms with Gasteiger partial charge in [-0.25, -0.2) is 4.79 Å². The molecule has 0 spiro atoms. The molecule has 0 saturated carbocycles. The Morgan fingerprint density at radius 1 is 1.21 bits per heavy atom. The Bertz CT molecular complexity index is 793. The number of carbonyl (C=O) groups excluding carboxylic acids is 2. The maximum Gasteiger partial charge on any atom is 0.339 e. The van der Waals surface area contributed by atoms with Crippen molar-refractivity contribution in [1.82, 2.24) is 9.78 Å². The number of ether oxygens (including phenoxy) is 1. The van der Waals surface area contributed by atoms with Gasteiger partial charge in [-0.2, -0.15) is 5.10 Å². The number of aryl methyl sites for hydroxylation is 4. The zero-order chi connectivity index (χ0) is 18.0. The van der Waals surface area contributed by atoms with Crippen LogP contribution in [-0.2, 0) is 16.6 Å². The van der Waals surface area contributed by atoms with Crippen molar-refractivity contribution in [1.29, 1.82) is 0 Å². The Kier molecular flexibility index (Phi) is 5.07. The summed E-state index contributed by atoms with van der Waals surface area (Å²) >= 11 is 0. The molecule has 6 heteroatoms. The first kappa shape index (κ1) is 17.7. The summed E-state index contributed by atoms with van der Waals surface area (Å²) in [6, 6.07) is 5.55. The minimum absolute atomic E-state index is 0.382. The van der Waals surface area contributed by atoms with Crippen molar-refractivity contribution < 1.29 is 14.3 Å². The molecule has 6 nitrogen and oxygen atoms in total. The largest absolute Gasteiger partial charge is 0.449 e. The van der Waals surface area contributed by atoms with Crippen LogP contribution in [-0.4, -0.2) is 27.8 Å². The van der Waals surface area contributed by atoms with Crippen LogP contribution in [0.2, 0.25) is 0 Å². The molecule has 1 amide bonds. The average molecular weight is 329 g/mol. The zero-order valence-corrected chi connectivity index (χ0v) is 14.9. The van der Waals surface area contributed by atoms with E-state index in [0.29, 0.717) is 11.3 Å². The summed E-state index contributed by atoms with van der Waals surface area (Å²) in [5, 5.41) is 7.03. The SMILES string of the molecule is Cc1ccc(C)c(C(=O)O[C@@H](C)C(=O)Nc2c(C)nn(C)c2C)c1. The lowest BCUT2D eigenvalue weighted by Gasteiger charge is -2.15. The van der Waals surface area contributed by atoms with Crippen molar-refractivity contribution in [2.45, 2.75) is 40.7 Å². The number of aromatic nitrogens is 2. The third-order valence-corrected chi connectivity index (χ3v) is 4.02. The van der Waals surface area contributed by atoms with E-state index < -0.39 is 12.1 Å². The predicted molar refractivity (Wildman–Crippen MR) is 92.1 cm³/mol. The number of esters is 1. The van der Waals surface area contributed by atoms with E-state index in [1.807, 2.05) is 46.9 Å². The molecular formula is C18H23N3O3. The summed E-state index contributed by atoms with van der Waals surface area (Å²) in [6.07, 6.45) is -0.906. The van der Waals surface area contributed by atoms with Crippen LogP contribution in [0.25, 0.3) is 0 Å². The van der Waals surface area contributed by atoms with Crippen molar-refractivity contribution in [3.05, 3.63) is 46.3 Å². The summed E-state index contributed by atoms with van der Waals surface area (Å²) in [7, 11) is 1.81. The fourth-order valence-corrected chi connectivity index (χ4v) is 2.41. The van der Waals surface area contributed by atoms with Crippen LogP contribution in [0.5, 0.6) is 0 Å². The standard InChI is InChI=1S/C18H23N3O3/c1-10-7-8-11(2)15(9-10)18(23)24-14(5)17(22)19-16-12(3)20-21(6)13(16)4/h7-9,14H,1-6H3,(H,19,22)/t14-/m0/s1. The molecule has 0 fully saturated rings. The first-order chi connectivity index (χ1) is 11.2. The van der Waals surface area contributed by atoms with Gasteiger partial charge in [0.1, 0.15) is 0 Å². The van der Waals surface area contributed by atoms with Crippen LogP contribution in [0.3, 0.4) is 0 Å². The molecular weight excluding hydrogens is 306 g/mol. The van der Waals surface area contributed by atoms with Gasteiger partial charge < -0.3 is 10.1 Å². The number of hydrogen-bond donors (Lipinski definition) is 1. The minimum Gasteiger partial charge on any atom is -0.449 e. The Morgan fingerprint density at radius 2 is 1.88 bits per heavy atom. The number of amides is 1. The Hall–Kier alpha value is -2.63. The average Bonchev–Trinajstić information content (AvgIpc) is 2.75. The molecule has 1 N–H and O–H groups in total. The van der Waals surface area contributed by atoms with E-state index in [0.717, 1.165) is 22.5 Å². The van der Waals surface area contributed by atoms with E-state index in [9.17, 15) is 9.59 Å². The number of nitrogens with one attached hydrogen (secondary N) is 1. The zero-order valence-electron chi connectivity index (χ0n) is 14.9. The molecule has 1 atom stereocenters. The quantitative estimate of drug-likeness (QED) is 0.876. The number of hydrogen-bond acceptors (Lipinski definition) is 4. The number of nitrogens with zero attached hydrogens (tertiary/aromatic N) is 2. The Labute approximate surface area is 141 Å². The molecule has 0 unspecified atom stereocenters. The summed E-state index contributed by atoms with van der Waals surface area (Å²) in [5.41, 5.74) is 4.47. The second kappa shape index (κ2) is 6.86. The van der Waals surface area contributed by atoms with Gasteiger partial charge in [0.05, 0.1) is 22.6 Å². The lowest BCUT2D eigenvalue weighted by molar-refractivity contribution is -0.123. The number of benzene rings is 1. The van der Waals surface area contributed by atoms with Crippen molar-refractivity contribution in [3.8, 4) is 0 Å². The molecule has 0 aliphatic rings. The molecule has 1 heterocycles. The molecule has 24 heavy (non-hydrogen) atoms. The van der Waals surface area contributed by atoms with Crippen molar-refractivity contribution in [3.63, 3.8) is 0 Å². The van der Waals surface area contributed by atoms with Gasteiger partial charge in [0.2, 0.25) is 0 Å². The molecule has 128 valence electrons. The van der Waals surface area contributed by atoms with E-state index in [-0.39, 0.29) is 5.91 Å². The van der Waals surface area contributed by atoms with Gasteiger partial charge in [0.25, 0.3) is 5.91 Å². The predicted octanol–water partition coefficient (Wildman–Crippen LogP) is 2.84. The van der Waals surface area contributed by atoms with Gasteiger partial charge >= 0.3 is 5.97 Å². The van der Waals surface area contributed by atoms with Gasteiger partial charge in [-0.1, -0.05) is 17.7 Å². The maximum absolute atomic E-state index is 12.3. The van der Waals surface area contributed by atoms with E-state index >= 15 is 0 Å². The third kappa shape index (κ3) is 3.64. The van der Waals surface area contributed by atoms with Gasteiger partial charge in [0.15, 0.2) is 6.10 Å². The van der Waals surface area contributed by atoms with E-state index in [2.05, 4.69) is 10.4 Å². The van der Waals surface area contributed by atoms with Crippen LogP contribution in [0.1, 0.15) is 39.8 Å². The minimum atomic E-state index is -0.906. The summed E-state index contributed by atoms with van der Waals surface area (Å²) in [6.45, 7) is 8.97. The van der Waals surface area contributed by atoms with Crippen molar-refractivity contribution in [2.75, 3.05) is 5.32 Å². The Balaban J connectivity index is 2.08. The van der Waals surface area contributed by atoms with Crippen LogP contribution in [0, 0.1) is 27.7 Å². The topological polar surface area (TPSA) is 73.2 Å². The fourth-order valence-electron chi connectivity index (χ4n) is 2.41. The van der Waals surface area contributed by atoms with Gasteiger partial charge in [-0.05, 0) is 46.2 Å². The van der Waals surface area contributed by atoms with Gasteiger partial charge in [0, 0.05) is 7.05 Å².